The van der Waals surface area contributed by atoms with E-state index in [0.717, 1.165) is 51.2 Å². The van der Waals surface area contributed by atoms with Crippen LogP contribution in [0.2, 0.25) is 0 Å². The van der Waals surface area contributed by atoms with Gasteiger partial charge in [-0.3, -0.25) is 9.59 Å². The van der Waals surface area contributed by atoms with E-state index in [-0.39, 0.29) is 30.2 Å². The number of nitrogens with one attached hydrogen (secondary N) is 4. The summed E-state index contributed by atoms with van der Waals surface area (Å²) in [5.74, 6) is 0.600. The molecular formula is C16H27N5O2. The van der Waals surface area contributed by atoms with Crippen molar-refractivity contribution in [2.24, 2.45) is 16.9 Å². The first kappa shape index (κ1) is 16.4. The highest BCUT2D eigenvalue weighted by molar-refractivity contribution is 6.07. The van der Waals surface area contributed by atoms with E-state index < -0.39 is 0 Å². The van der Waals surface area contributed by atoms with Crippen LogP contribution in [0.4, 0.5) is 0 Å². The third-order valence-electron chi connectivity index (χ3n) is 5.14. The van der Waals surface area contributed by atoms with Crippen LogP contribution in [0.25, 0.3) is 0 Å². The van der Waals surface area contributed by atoms with Crippen molar-refractivity contribution < 1.29 is 9.59 Å². The van der Waals surface area contributed by atoms with Gasteiger partial charge in [0.25, 0.3) is 0 Å². The van der Waals surface area contributed by atoms with Gasteiger partial charge in [-0.2, -0.15) is 5.10 Å². The molecule has 4 N–H and O–H groups in total. The smallest absolute Gasteiger partial charge is 0.245 e. The van der Waals surface area contributed by atoms with Gasteiger partial charge in [-0.05, 0) is 57.7 Å². The predicted octanol–water partition coefficient (Wildman–Crippen LogP) is -0.264. The summed E-state index contributed by atoms with van der Waals surface area (Å²) in [5.41, 5.74) is 3.32. The molecule has 0 aromatic rings. The molecule has 3 rings (SSSR count). The maximum Gasteiger partial charge on any atom is 0.245 e. The fourth-order valence-corrected chi connectivity index (χ4v) is 3.76. The van der Waals surface area contributed by atoms with E-state index in [1.165, 1.54) is 12.8 Å². The monoisotopic (exact) mass is 321 g/mol. The average molecular weight is 321 g/mol. The highest BCUT2D eigenvalue weighted by atomic mass is 16.2. The van der Waals surface area contributed by atoms with Crippen LogP contribution in [-0.2, 0) is 9.59 Å². The van der Waals surface area contributed by atoms with Crippen LogP contribution in [0.3, 0.4) is 0 Å². The van der Waals surface area contributed by atoms with Crippen molar-refractivity contribution in [1.82, 2.24) is 21.4 Å². The molecule has 0 bridgehead atoms. The summed E-state index contributed by atoms with van der Waals surface area (Å²) in [6, 6.07) is -0.0762. The Kier molecular flexibility index (Phi) is 5.61. The summed E-state index contributed by atoms with van der Waals surface area (Å²) in [7, 11) is 0. The van der Waals surface area contributed by atoms with E-state index in [2.05, 4.69) is 26.5 Å². The predicted molar refractivity (Wildman–Crippen MR) is 87.9 cm³/mol. The van der Waals surface area contributed by atoms with Crippen LogP contribution in [0, 0.1) is 11.8 Å². The molecule has 2 amide bonds. The lowest BCUT2D eigenvalue weighted by atomic mass is 9.85. The second kappa shape index (κ2) is 7.88. The van der Waals surface area contributed by atoms with Gasteiger partial charge in [0.05, 0.1) is 24.1 Å². The van der Waals surface area contributed by atoms with E-state index in [1.54, 1.807) is 0 Å². The van der Waals surface area contributed by atoms with Gasteiger partial charge >= 0.3 is 0 Å². The molecule has 3 aliphatic rings. The van der Waals surface area contributed by atoms with Gasteiger partial charge in [-0.1, -0.05) is 0 Å². The van der Waals surface area contributed by atoms with Crippen LogP contribution in [0.15, 0.2) is 5.10 Å². The van der Waals surface area contributed by atoms with E-state index in [1.807, 2.05) is 0 Å². The Morgan fingerprint density at radius 2 is 2.04 bits per heavy atom. The molecule has 3 heterocycles. The summed E-state index contributed by atoms with van der Waals surface area (Å²) in [5, 5.41) is 13.8. The zero-order chi connectivity index (χ0) is 16.1. The number of carbonyl (C=O) groups excluding carboxylic acids is 2. The number of amides is 2. The van der Waals surface area contributed by atoms with Gasteiger partial charge in [0.15, 0.2) is 0 Å². The minimum absolute atomic E-state index is 0.0000399. The molecule has 0 aliphatic carbocycles. The van der Waals surface area contributed by atoms with Crippen LogP contribution in [0.5, 0.6) is 0 Å². The lowest BCUT2D eigenvalue weighted by molar-refractivity contribution is -0.127. The lowest BCUT2D eigenvalue weighted by Crippen LogP contribution is -2.56. The molecule has 2 saturated heterocycles. The highest BCUT2D eigenvalue weighted by Gasteiger charge is 2.37. The average Bonchev–Trinajstić information content (AvgIpc) is 2.59. The minimum Gasteiger partial charge on any atom is -0.356 e. The largest absolute Gasteiger partial charge is 0.356 e. The van der Waals surface area contributed by atoms with Crippen LogP contribution in [0.1, 0.15) is 38.5 Å². The topological polar surface area (TPSA) is 94.6 Å². The second-order valence-corrected chi connectivity index (χ2v) is 6.77. The fraction of sp³-hybridized carbons (Fsp3) is 0.812. The molecule has 2 unspecified atom stereocenters. The minimum atomic E-state index is -0.0845. The molecule has 0 aromatic heterocycles. The van der Waals surface area contributed by atoms with E-state index in [0.29, 0.717) is 5.92 Å². The number of fused-ring (bicyclic) bond motifs is 1. The molecule has 23 heavy (non-hydrogen) atoms. The second-order valence-electron chi connectivity index (χ2n) is 6.77. The van der Waals surface area contributed by atoms with E-state index in [9.17, 15) is 9.59 Å². The van der Waals surface area contributed by atoms with E-state index in [4.69, 9.17) is 0 Å². The Labute approximate surface area is 137 Å². The van der Waals surface area contributed by atoms with Crippen LogP contribution in [-0.4, -0.2) is 49.7 Å². The Morgan fingerprint density at radius 3 is 2.87 bits per heavy atom. The number of piperidine rings is 2. The molecule has 7 nitrogen and oxygen atoms in total. The van der Waals surface area contributed by atoms with Crippen molar-refractivity contribution in [3.05, 3.63) is 0 Å². The first-order chi connectivity index (χ1) is 11.2. The maximum atomic E-state index is 12.2. The van der Waals surface area contributed by atoms with Crippen molar-refractivity contribution in [3.8, 4) is 0 Å². The van der Waals surface area contributed by atoms with Crippen molar-refractivity contribution in [1.29, 1.82) is 0 Å². The van der Waals surface area contributed by atoms with E-state index >= 15 is 0 Å². The van der Waals surface area contributed by atoms with Crippen LogP contribution < -0.4 is 21.4 Å². The number of hydrogen-bond acceptors (Lipinski definition) is 5. The Balaban J connectivity index is 1.44. The molecule has 0 radical (unpaired) electrons. The SMILES string of the molecule is O=C(CC1=NNC(=O)C2CCCNC12)NCCC1CCNCC1. The maximum absolute atomic E-state index is 12.2. The number of hydrazone groups is 1. The zero-order valence-corrected chi connectivity index (χ0v) is 13.6. The normalized spacial score (nSPS) is 28.5. The van der Waals surface area contributed by atoms with Gasteiger partial charge in [0, 0.05) is 6.54 Å². The fourth-order valence-electron chi connectivity index (χ4n) is 3.76. The molecule has 0 aromatic carbocycles. The van der Waals surface area contributed by atoms with Gasteiger partial charge in [0.1, 0.15) is 0 Å². The highest BCUT2D eigenvalue weighted by Crippen LogP contribution is 2.21. The molecule has 7 heteroatoms. The molecule has 128 valence electrons. The quantitative estimate of drug-likeness (QED) is 0.561. The molecule has 2 fully saturated rings. The van der Waals surface area contributed by atoms with Crippen LogP contribution >= 0.6 is 0 Å². The van der Waals surface area contributed by atoms with Crippen molar-refractivity contribution in [2.45, 2.75) is 44.6 Å². The number of nitrogens with zero attached hydrogens (tertiary/aromatic N) is 1. The third-order valence-corrected chi connectivity index (χ3v) is 5.14. The number of rotatable bonds is 5. The van der Waals surface area contributed by atoms with Gasteiger partial charge in [-0.15, -0.1) is 0 Å². The number of carbonyl (C=O) groups is 2. The van der Waals surface area contributed by atoms with Gasteiger partial charge < -0.3 is 16.0 Å². The standard InChI is InChI=1S/C16H27N5O2/c22-14(18-9-5-11-3-7-17-8-4-11)10-13-15-12(2-1-6-19-15)16(23)21-20-13/h11-12,15,17,19H,1-10H2,(H,18,22)(H,21,23). The zero-order valence-electron chi connectivity index (χ0n) is 13.6. The first-order valence-electron chi connectivity index (χ1n) is 8.81. The first-order valence-corrected chi connectivity index (χ1v) is 8.81. The Morgan fingerprint density at radius 1 is 1.22 bits per heavy atom. The summed E-state index contributed by atoms with van der Waals surface area (Å²) in [4.78, 5) is 24.0. The summed E-state index contributed by atoms with van der Waals surface area (Å²) < 4.78 is 0. The summed E-state index contributed by atoms with van der Waals surface area (Å²) in [6.07, 6.45) is 5.55. The van der Waals surface area contributed by atoms with Crippen molar-refractivity contribution in [2.75, 3.05) is 26.2 Å². The Hall–Kier alpha value is -1.47. The lowest BCUT2D eigenvalue weighted by Gasteiger charge is -2.34. The molecular weight excluding hydrogens is 294 g/mol. The molecule has 3 aliphatic heterocycles. The Bertz CT molecular complexity index is 473. The summed E-state index contributed by atoms with van der Waals surface area (Å²) >= 11 is 0. The summed E-state index contributed by atoms with van der Waals surface area (Å²) in [6.45, 7) is 3.78. The molecule has 2 atom stereocenters. The molecule has 0 saturated carbocycles. The van der Waals surface area contributed by atoms with Gasteiger partial charge in [0.2, 0.25) is 11.8 Å². The van der Waals surface area contributed by atoms with Crippen molar-refractivity contribution >= 4 is 17.5 Å². The van der Waals surface area contributed by atoms with Gasteiger partial charge in [-0.25, -0.2) is 5.43 Å². The third kappa shape index (κ3) is 4.29. The number of hydrogen-bond donors (Lipinski definition) is 4. The van der Waals surface area contributed by atoms with Crippen molar-refractivity contribution in [3.63, 3.8) is 0 Å². The molecule has 0 spiro atoms.